The molecule has 0 bridgehead atoms. The van der Waals surface area contributed by atoms with Crippen molar-refractivity contribution in [3.63, 3.8) is 0 Å². The molecular weight excluding hydrogens is 439 g/mol. The highest BCUT2D eigenvalue weighted by Crippen LogP contribution is 2.39. The van der Waals surface area contributed by atoms with Crippen LogP contribution >= 0.6 is 15.9 Å². The maximum atomic E-state index is 13.9. The standard InChI is InChI=1S/C21H20BrFN4O2/c1-9-6-13(23)7-10(2)15(9)12(4)27-18-11(3)14(22)8-24-16(18)19-20(27)17(21(28)29)25-26(19)5/h6-8,12H,1-5H3,(H,28,29). The summed E-state index contributed by atoms with van der Waals surface area (Å²) in [6, 6.07) is 2.75. The van der Waals surface area contributed by atoms with Crippen molar-refractivity contribution in [2.24, 2.45) is 7.05 Å². The van der Waals surface area contributed by atoms with Gasteiger partial charge in [-0.05, 0) is 78.0 Å². The van der Waals surface area contributed by atoms with Gasteiger partial charge in [0.25, 0.3) is 0 Å². The molecule has 0 aliphatic rings. The lowest BCUT2D eigenvalue weighted by atomic mass is 9.96. The maximum Gasteiger partial charge on any atom is 0.358 e. The fourth-order valence-corrected chi connectivity index (χ4v) is 4.69. The predicted molar refractivity (Wildman–Crippen MR) is 113 cm³/mol. The third-order valence-electron chi connectivity index (χ3n) is 5.54. The van der Waals surface area contributed by atoms with Crippen molar-refractivity contribution in [2.75, 3.05) is 0 Å². The van der Waals surface area contributed by atoms with Crippen molar-refractivity contribution in [3.8, 4) is 0 Å². The van der Waals surface area contributed by atoms with E-state index in [2.05, 4.69) is 26.0 Å². The second-order valence-electron chi connectivity index (χ2n) is 7.40. The van der Waals surface area contributed by atoms with Gasteiger partial charge in [0.15, 0.2) is 5.69 Å². The van der Waals surface area contributed by atoms with Crippen LogP contribution in [0.2, 0.25) is 0 Å². The second-order valence-corrected chi connectivity index (χ2v) is 8.26. The van der Waals surface area contributed by atoms with Crippen LogP contribution in [0, 0.1) is 26.6 Å². The van der Waals surface area contributed by atoms with E-state index in [9.17, 15) is 14.3 Å². The summed E-state index contributed by atoms with van der Waals surface area (Å²) in [4.78, 5) is 16.6. The summed E-state index contributed by atoms with van der Waals surface area (Å²) in [6.45, 7) is 7.69. The summed E-state index contributed by atoms with van der Waals surface area (Å²) in [5.41, 5.74) is 6.19. The first kappa shape index (κ1) is 19.6. The quantitative estimate of drug-likeness (QED) is 0.465. The molecule has 0 fully saturated rings. The monoisotopic (exact) mass is 458 g/mol. The molecule has 0 aliphatic heterocycles. The predicted octanol–water partition coefficient (Wildman–Crippen LogP) is 5.06. The molecule has 0 amide bonds. The number of hydrogen-bond donors (Lipinski definition) is 1. The van der Waals surface area contributed by atoms with Gasteiger partial charge in [-0.2, -0.15) is 5.10 Å². The van der Waals surface area contributed by atoms with Crippen molar-refractivity contribution in [3.05, 3.63) is 56.6 Å². The van der Waals surface area contributed by atoms with Gasteiger partial charge in [0.05, 0.1) is 11.6 Å². The van der Waals surface area contributed by atoms with E-state index in [1.807, 2.05) is 32.3 Å². The minimum absolute atomic E-state index is 0.0275. The highest BCUT2D eigenvalue weighted by atomic mass is 79.9. The average Bonchev–Trinajstić information content (AvgIpc) is 3.13. The van der Waals surface area contributed by atoms with Crippen LogP contribution in [0.3, 0.4) is 0 Å². The Morgan fingerprint density at radius 1 is 1.17 bits per heavy atom. The van der Waals surface area contributed by atoms with Crippen LogP contribution in [0.5, 0.6) is 0 Å². The van der Waals surface area contributed by atoms with Gasteiger partial charge in [0.1, 0.15) is 22.4 Å². The van der Waals surface area contributed by atoms with Gasteiger partial charge in [0.2, 0.25) is 0 Å². The Morgan fingerprint density at radius 2 is 1.79 bits per heavy atom. The van der Waals surface area contributed by atoms with Gasteiger partial charge in [-0.15, -0.1) is 0 Å². The first-order chi connectivity index (χ1) is 13.6. The summed E-state index contributed by atoms with van der Waals surface area (Å²) in [5, 5.41) is 14.0. The number of carboxylic acid groups (broad SMARTS) is 1. The first-order valence-corrected chi connectivity index (χ1v) is 9.94. The number of carbonyl (C=O) groups is 1. The summed E-state index contributed by atoms with van der Waals surface area (Å²) in [5.74, 6) is -1.39. The Kier molecular flexibility index (Phi) is 4.49. The van der Waals surface area contributed by atoms with E-state index in [0.717, 1.165) is 32.2 Å². The Balaban J connectivity index is 2.20. The van der Waals surface area contributed by atoms with E-state index in [1.54, 1.807) is 17.9 Å². The minimum atomic E-state index is -1.10. The summed E-state index contributed by atoms with van der Waals surface area (Å²) < 4.78 is 18.3. The molecule has 1 aromatic carbocycles. The van der Waals surface area contributed by atoms with Crippen LogP contribution in [0.1, 0.15) is 45.7 Å². The third kappa shape index (κ3) is 2.77. The number of aromatic carboxylic acids is 1. The largest absolute Gasteiger partial charge is 0.476 e. The molecule has 3 heterocycles. The number of aromatic nitrogens is 4. The van der Waals surface area contributed by atoms with Crippen LogP contribution in [-0.4, -0.2) is 30.4 Å². The fourth-order valence-electron chi connectivity index (χ4n) is 4.40. The van der Waals surface area contributed by atoms with Crippen LogP contribution in [0.4, 0.5) is 4.39 Å². The molecule has 1 unspecified atom stereocenters. The minimum Gasteiger partial charge on any atom is -0.476 e. The number of rotatable bonds is 3. The number of pyridine rings is 1. The lowest BCUT2D eigenvalue weighted by Crippen LogP contribution is -2.13. The zero-order chi connectivity index (χ0) is 21.2. The van der Waals surface area contributed by atoms with Crippen LogP contribution in [-0.2, 0) is 7.05 Å². The normalized spacial score (nSPS) is 12.8. The first-order valence-electron chi connectivity index (χ1n) is 9.15. The molecule has 8 heteroatoms. The van der Waals surface area contributed by atoms with Crippen LogP contribution < -0.4 is 0 Å². The summed E-state index contributed by atoms with van der Waals surface area (Å²) >= 11 is 3.54. The molecule has 0 saturated carbocycles. The molecule has 29 heavy (non-hydrogen) atoms. The molecular formula is C21H20BrFN4O2. The molecule has 0 spiro atoms. The lowest BCUT2D eigenvalue weighted by Gasteiger charge is -2.22. The average molecular weight is 459 g/mol. The number of aryl methyl sites for hydroxylation is 4. The number of fused-ring (bicyclic) bond motifs is 3. The molecule has 0 radical (unpaired) electrons. The third-order valence-corrected chi connectivity index (χ3v) is 6.34. The number of carboxylic acids is 1. The summed E-state index contributed by atoms with van der Waals surface area (Å²) in [7, 11) is 1.72. The molecule has 0 aliphatic carbocycles. The van der Waals surface area contributed by atoms with E-state index in [0.29, 0.717) is 16.6 Å². The Bertz CT molecular complexity index is 1300. The molecule has 6 nitrogen and oxygen atoms in total. The van der Waals surface area contributed by atoms with Crippen molar-refractivity contribution in [1.82, 2.24) is 19.3 Å². The van der Waals surface area contributed by atoms with Gasteiger partial charge in [-0.1, -0.05) is 0 Å². The number of halogens is 2. The molecule has 1 N–H and O–H groups in total. The molecule has 1 atom stereocenters. The van der Waals surface area contributed by atoms with Gasteiger partial charge in [-0.3, -0.25) is 9.67 Å². The van der Waals surface area contributed by atoms with Gasteiger partial charge in [-0.25, -0.2) is 9.18 Å². The SMILES string of the molecule is Cc1cc(F)cc(C)c1C(C)n1c2c(C)c(Br)cnc2c2c1c(C(=O)O)nn2C. The highest BCUT2D eigenvalue weighted by Gasteiger charge is 2.29. The topological polar surface area (TPSA) is 72.9 Å². The number of hydrogen-bond acceptors (Lipinski definition) is 3. The summed E-state index contributed by atoms with van der Waals surface area (Å²) in [6.07, 6.45) is 1.72. The van der Waals surface area contributed by atoms with E-state index in [-0.39, 0.29) is 17.6 Å². The van der Waals surface area contributed by atoms with Crippen LogP contribution in [0.25, 0.3) is 22.1 Å². The molecule has 4 aromatic rings. The molecule has 0 saturated heterocycles. The van der Waals surface area contributed by atoms with E-state index < -0.39 is 5.97 Å². The van der Waals surface area contributed by atoms with Crippen molar-refractivity contribution in [1.29, 1.82) is 0 Å². The van der Waals surface area contributed by atoms with Crippen molar-refractivity contribution >= 4 is 44.0 Å². The van der Waals surface area contributed by atoms with Crippen molar-refractivity contribution in [2.45, 2.75) is 33.7 Å². The second kappa shape index (κ2) is 6.66. The Hall–Kier alpha value is -2.74. The Morgan fingerprint density at radius 3 is 2.38 bits per heavy atom. The molecule has 150 valence electrons. The van der Waals surface area contributed by atoms with Gasteiger partial charge < -0.3 is 9.67 Å². The number of benzene rings is 1. The van der Waals surface area contributed by atoms with Gasteiger partial charge >= 0.3 is 5.97 Å². The zero-order valence-electron chi connectivity index (χ0n) is 16.7. The van der Waals surface area contributed by atoms with Crippen LogP contribution in [0.15, 0.2) is 22.8 Å². The fraction of sp³-hybridized carbons (Fsp3) is 0.286. The smallest absolute Gasteiger partial charge is 0.358 e. The van der Waals surface area contributed by atoms with Crippen molar-refractivity contribution < 1.29 is 14.3 Å². The van der Waals surface area contributed by atoms with E-state index in [4.69, 9.17) is 0 Å². The van der Waals surface area contributed by atoms with E-state index in [1.165, 1.54) is 12.1 Å². The molecule has 3 aromatic heterocycles. The van der Waals surface area contributed by atoms with Gasteiger partial charge in [0, 0.05) is 17.7 Å². The number of nitrogens with zero attached hydrogens (tertiary/aromatic N) is 4. The zero-order valence-corrected chi connectivity index (χ0v) is 18.3. The molecule has 4 rings (SSSR count). The maximum absolute atomic E-state index is 13.9. The lowest BCUT2D eigenvalue weighted by molar-refractivity contribution is 0.0691. The highest BCUT2D eigenvalue weighted by molar-refractivity contribution is 9.10. The Labute approximate surface area is 175 Å². The van der Waals surface area contributed by atoms with E-state index >= 15 is 0 Å².